The second kappa shape index (κ2) is 3.77. The SMILES string of the molecule is CNc1cc2c(ccc3ccccc32)cc1C. The van der Waals surface area contributed by atoms with E-state index >= 15 is 0 Å². The summed E-state index contributed by atoms with van der Waals surface area (Å²) >= 11 is 0. The van der Waals surface area contributed by atoms with Crippen LogP contribution in [0.15, 0.2) is 48.5 Å². The van der Waals surface area contributed by atoms with Crippen LogP contribution in [0, 0.1) is 6.92 Å². The highest BCUT2D eigenvalue weighted by Crippen LogP contribution is 2.29. The van der Waals surface area contributed by atoms with Crippen molar-refractivity contribution in [2.75, 3.05) is 12.4 Å². The number of rotatable bonds is 1. The van der Waals surface area contributed by atoms with E-state index in [4.69, 9.17) is 0 Å². The molecule has 0 fully saturated rings. The van der Waals surface area contributed by atoms with Crippen molar-refractivity contribution in [1.29, 1.82) is 0 Å². The lowest BCUT2D eigenvalue weighted by Gasteiger charge is -2.09. The number of fused-ring (bicyclic) bond motifs is 3. The molecule has 17 heavy (non-hydrogen) atoms. The lowest BCUT2D eigenvalue weighted by molar-refractivity contribution is 1.43. The topological polar surface area (TPSA) is 12.0 Å². The Kier molecular flexibility index (Phi) is 2.25. The summed E-state index contributed by atoms with van der Waals surface area (Å²) in [5, 5.41) is 8.49. The molecule has 0 spiro atoms. The van der Waals surface area contributed by atoms with Crippen molar-refractivity contribution in [2.45, 2.75) is 6.92 Å². The first-order valence-corrected chi connectivity index (χ1v) is 5.89. The van der Waals surface area contributed by atoms with E-state index in [0.717, 1.165) is 0 Å². The zero-order valence-electron chi connectivity index (χ0n) is 10.1. The number of aryl methyl sites for hydroxylation is 1. The Morgan fingerprint density at radius 1 is 0.824 bits per heavy atom. The number of anilines is 1. The summed E-state index contributed by atoms with van der Waals surface area (Å²) in [7, 11) is 1.97. The van der Waals surface area contributed by atoms with Crippen LogP contribution in [0.5, 0.6) is 0 Å². The highest BCUT2D eigenvalue weighted by atomic mass is 14.8. The first-order chi connectivity index (χ1) is 8.29. The van der Waals surface area contributed by atoms with Crippen LogP contribution in [0.2, 0.25) is 0 Å². The highest BCUT2D eigenvalue weighted by molar-refractivity contribution is 6.08. The van der Waals surface area contributed by atoms with Gasteiger partial charge in [0.2, 0.25) is 0 Å². The van der Waals surface area contributed by atoms with E-state index in [1.165, 1.54) is 32.8 Å². The molecule has 1 N–H and O–H groups in total. The van der Waals surface area contributed by atoms with E-state index < -0.39 is 0 Å². The third kappa shape index (κ3) is 1.55. The lowest BCUT2D eigenvalue weighted by Crippen LogP contribution is -1.91. The Hall–Kier alpha value is -2.02. The molecule has 0 amide bonds. The molecule has 0 bridgehead atoms. The van der Waals surface area contributed by atoms with Crippen molar-refractivity contribution in [3.05, 3.63) is 54.1 Å². The second-order valence-corrected chi connectivity index (χ2v) is 4.42. The summed E-state index contributed by atoms with van der Waals surface area (Å²) in [6, 6.07) is 17.4. The van der Waals surface area contributed by atoms with Crippen LogP contribution < -0.4 is 5.32 Å². The van der Waals surface area contributed by atoms with Gasteiger partial charge in [0.05, 0.1) is 0 Å². The van der Waals surface area contributed by atoms with E-state index in [9.17, 15) is 0 Å². The Morgan fingerprint density at radius 3 is 2.41 bits per heavy atom. The quantitative estimate of drug-likeness (QED) is 0.603. The van der Waals surface area contributed by atoms with Crippen molar-refractivity contribution < 1.29 is 0 Å². The van der Waals surface area contributed by atoms with Crippen LogP contribution in [0.3, 0.4) is 0 Å². The number of hydrogen-bond acceptors (Lipinski definition) is 1. The van der Waals surface area contributed by atoms with Gasteiger partial charge in [-0.15, -0.1) is 0 Å². The minimum atomic E-state index is 1.20. The van der Waals surface area contributed by atoms with Crippen LogP contribution in [0.1, 0.15) is 5.56 Å². The maximum Gasteiger partial charge on any atom is 0.0373 e. The number of nitrogens with one attached hydrogen (secondary N) is 1. The Morgan fingerprint density at radius 2 is 1.59 bits per heavy atom. The van der Waals surface area contributed by atoms with Crippen molar-refractivity contribution in [2.24, 2.45) is 0 Å². The lowest BCUT2D eigenvalue weighted by atomic mass is 9.99. The van der Waals surface area contributed by atoms with Crippen LogP contribution in [0.4, 0.5) is 5.69 Å². The molecule has 84 valence electrons. The zero-order valence-corrected chi connectivity index (χ0v) is 10.1. The molecule has 1 nitrogen and oxygen atoms in total. The van der Waals surface area contributed by atoms with E-state index in [-0.39, 0.29) is 0 Å². The van der Waals surface area contributed by atoms with Crippen molar-refractivity contribution in [3.8, 4) is 0 Å². The standard InChI is InChI=1S/C16H15N/c1-11-9-13-8-7-12-5-3-4-6-14(12)15(13)10-16(11)17-2/h3-10,17H,1-2H3. The van der Waals surface area contributed by atoms with Gasteiger partial charge in [0.1, 0.15) is 0 Å². The normalized spacial score (nSPS) is 10.9. The molecule has 1 heteroatoms. The molecule has 0 saturated heterocycles. The second-order valence-electron chi connectivity index (χ2n) is 4.42. The fourth-order valence-electron chi connectivity index (χ4n) is 2.44. The first kappa shape index (κ1) is 10.2. The summed E-state index contributed by atoms with van der Waals surface area (Å²) in [5.74, 6) is 0. The van der Waals surface area contributed by atoms with Gasteiger partial charge in [0.15, 0.2) is 0 Å². The predicted octanol–water partition coefficient (Wildman–Crippen LogP) is 4.34. The minimum absolute atomic E-state index is 1.20. The predicted molar refractivity (Wildman–Crippen MR) is 75.7 cm³/mol. The highest BCUT2D eigenvalue weighted by Gasteiger charge is 2.03. The third-order valence-corrected chi connectivity index (χ3v) is 3.36. The summed E-state index contributed by atoms with van der Waals surface area (Å²) in [4.78, 5) is 0. The number of hydrogen-bond donors (Lipinski definition) is 1. The van der Waals surface area contributed by atoms with E-state index in [2.05, 4.69) is 60.8 Å². The van der Waals surface area contributed by atoms with Gasteiger partial charge in [-0.05, 0) is 46.2 Å². The zero-order chi connectivity index (χ0) is 11.8. The van der Waals surface area contributed by atoms with Gasteiger partial charge in [-0.3, -0.25) is 0 Å². The van der Waals surface area contributed by atoms with Gasteiger partial charge in [0.25, 0.3) is 0 Å². The Bertz CT molecular complexity index is 698. The molecule has 0 radical (unpaired) electrons. The fourth-order valence-corrected chi connectivity index (χ4v) is 2.44. The van der Waals surface area contributed by atoms with Crippen LogP contribution in [0.25, 0.3) is 21.5 Å². The van der Waals surface area contributed by atoms with Gasteiger partial charge < -0.3 is 5.32 Å². The maximum absolute atomic E-state index is 3.25. The molecule has 0 aliphatic rings. The average molecular weight is 221 g/mol. The third-order valence-electron chi connectivity index (χ3n) is 3.36. The van der Waals surface area contributed by atoms with Gasteiger partial charge in [-0.2, -0.15) is 0 Å². The van der Waals surface area contributed by atoms with Gasteiger partial charge >= 0.3 is 0 Å². The molecule has 0 atom stereocenters. The molecule has 0 aromatic heterocycles. The molecule has 3 rings (SSSR count). The molecular weight excluding hydrogens is 206 g/mol. The molecule has 0 aliphatic heterocycles. The maximum atomic E-state index is 3.25. The molecule has 0 saturated carbocycles. The Balaban J connectivity index is 2.48. The van der Waals surface area contributed by atoms with E-state index in [1.807, 2.05) is 7.05 Å². The Labute approximate surface area is 101 Å². The average Bonchev–Trinajstić information content (AvgIpc) is 2.37. The molecular formula is C16H15N. The van der Waals surface area contributed by atoms with Gasteiger partial charge in [-0.1, -0.05) is 36.4 Å². The van der Waals surface area contributed by atoms with Gasteiger partial charge in [0, 0.05) is 12.7 Å². The summed E-state index contributed by atoms with van der Waals surface area (Å²) < 4.78 is 0. The summed E-state index contributed by atoms with van der Waals surface area (Å²) in [6.45, 7) is 2.14. The molecule has 0 unspecified atom stereocenters. The van der Waals surface area contributed by atoms with Crippen molar-refractivity contribution in [3.63, 3.8) is 0 Å². The molecule has 3 aromatic carbocycles. The fraction of sp³-hybridized carbons (Fsp3) is 0.125. The molecule has 3 aromatic rings. The summed E-state index contributed by atoms with van der Waals surface area (Å²) in [5.41, 5.74) is 2.49. The van der Waals surface area contributed by atoms with E-state index in [0.29, 0.717) is 0 Å². The van der Waals surface area contributed by atoms with Crippen molar-refractivity contribution in [1.82, 2.24) is 0 Å². The smallest absolute Gasteiger partial charge is 0.0373 e. The molecule has 0 heterocycles. The molecule has 0 aliphatic carbocycles. The number of benzene rings is 3. The van der Waals surface area contributed by atoms with Crippen LogP contribution in [-0.4, -0.2) is 7.05 Å². The van der Waals surface area contributed by atoms with Gasteiger partial charge in [-0.25, -0.2) is 0 Å². The van der Waals surface area contributed by atoms with Crippen molar-refractivity contribution >= 4 is 27.2 Å². The van der Waals surface area contributed by atoms with Crippen LogP contribution in [-0.2, 0) is 0 Å². The monoisotopic (exact) mass is 221 g/mol. The minimum Gasteiger partial charge on any atom is -0.388 e. The summed E-state index contributed by atoms with van der Waals surface area (Å²) in [6.07, 6.45) is 0. The largest absolute Gasteiger partial charge is 0.388 e. The van der Waals surface area contributed by atoms with Crippen LogP contribution >= 0.6 is 0 Å². The van der Waals surface area contributed by atoms with E-state index in [1.54, 1.807) is 0 Å². The first-order valence-electron chi connectivity index (χ1n) is 5.89.